The van der Waals surface area contributed by atoms with E-state index in [1.165, 1.54) is 0 Å². The molecule has 3 nitrogen and oxygen atoms in total. The molecule has 0 amide bonds. The van der Waals surface area contributed by atoms with E-state index in [0.29, 0.717) is 0 Å². The molecule has 0 aromatic heterocycles. The van der Waals surface area contributed by atoms with Gasteiger partial charge in [0.1, 0.15) is 5.76 Å². The Bertz CT molecular complexity index is 338. The van der Waals surface area contributed by atoms with Gasteiger partial charge in [0.2, 0.25) is 0 Å². The van der Waals surface area contributed by atoms with Crippen molar-refractivity contribution in [3.63, 3.8) is 0 Å². The quantitative estimate of drug-likeness (QED) is 0.426. The van der Waals surface area contributed by atoms with Gasteiger partial charge in [0.15, 0.2) is 0 Å². The van der Waals surface area contributed by atoms with Crippen LogP contribution in [-0.4, -0.2) is 23.8 Å². The van der Waals surface area contributed by atoms with Crippen LogP contribution in [0.25, 0.3) is 0 Å². The number of aliphatic hydroxyl groups is 1. The number of aliphatic imine (C=N–C) groups is 1. The second-order valence-corrected chi connectivity index (χ2v) is 3.28. The summed E-state index contributed by atoms with van der Waals surface area (Å²) in [5, 5.41) is 9.03. The van der Waals surface area contributed by atoms with Crippen molar-refractivity contribution in [1.82, 2.24) is 4.90 Å². The maximum Gasteiger partial charge on any atom is 0.110 e. The third kappa shape index (κ3) is 4.31. The standard InChI is InChI=1S/C12H18N2O/c1-9(8-13-5)12(4)14(6)10(2)7-11(3)15/h7-8,15H,3-5H2,1-2,6H3/b9-8-,10-7-. The summed E-state index contributed by atoms with van der Waals surface area (Å²) in [6.45, 7) is 14.5. The van der Waals surface area contributed by atoms with Crippen molar-refractivity contribution in [3.05, 3.63) is 48.2 Å². The van der Waals surface area contributed by atoms with Crippen molar-refractivity contribution in [2.75, 3.05) is 7.05 Å². The fourth-order valence-corrected chi connectivity index (χ4v) is 1.03. The average molecular weight is 206 g/mol. The summed E-state index contributed by atoms with van der Waals surface area (Å²) in [7, 11) is 1.86. The molecule has 0 aromatic rings. The molecule has 0 aromatic carbocycles. The van der Waals surface area contributed by atoms with E-state index in [1.54, 1.807) is 12.3 Å². The van der Waals surface area contributed by atoms with Gasteiger partial charge < -0.3 is 10.0 Å². The zero-order valence-corrected chi connectivity index (χ0v) is 9.62. The minimum absolute atomic E-state index is 0.0237. The van der Waals surface area contributed by atoms with E-state index in [1.807, 2.05) is 25.8 Å². The first-order chi connectivity index (χ1) is 6.90. The number of hydrogen-bond acceptors (Lipinski definition) is 3. The molecule has 0 unspecified atom stereocenters. The van der Waals surface area contributed by atoms with Crippen molar-refractivity contribution >= 4 is 6.72 Å². The maximum atomic E-state index is 9.03. The second-order valence-electron chi connectivity index (χ2n) is 3.28. The number of allylic oxidation sites excluding steroid dienone is 3. The van der Waals surface area contributed by atoms with Crippen LogP contribution < -0.4 is 0 Å². The van der Waals surface area contributed by atoms with Crippen LogP contribution in [0.3, 0.4) is 0 Å². The molecule has 3 heteroatoms. The Morgan fingerprint density at radius 3 is 2.27 bits per heavy atom. The van der Waals surface area contributed by atoms with E-state index in [-0.39, 0.29) is 5.76 Å². The van der Waals surface area contributed by atoms with Crippen LogP contribution in [0.2, 0.25) is 0 Å². The second kappa shape index (κ2) is 5.86. The molecule has 0 saturated heterocycles. The zero-order valence-electron chi connectivity index (χ0n) is 9.62. The predicted octanol–water partition coefficient (Wildman–Crippen LogP) is 3.01. The van der Waals surface area contributed by atoms with Gasteiger partial charge >= 0.3 is 0 Å². The number of likely N-dealkylation sites (N-methyl/N-ethyl adjacent to an activating group) is 1. The van der Waals surface area contributed by atoms with E-state index in [2.05, 4.69) is 24.9 Å². The zero-order chi connectivity index (χ0) is 12.0. The van der Waals surface area contributed by atoms with Crippen molar-refractivity contribution < 1.29 is 5.11 Å². The monoisotopic (exact) mass is 206 g/mol. The Kier molecular flexibility index (Phi) is 5.16. The highest BCUT2D eigenvalue weighted by atomic mass is 16.3. The molecule has 0 spiro atoms. The molecule has 0 rings (SSSR count). The normalized spacial score (nSPS) is 12.2. The highest BCUT2D eigenvalue weighted by molar-refractivity contribution is 5.32. The van der Waals surface area contributed by atoms with Gasteiger partial charge in [-0.1, -0.05) is 13.2 Å². The van der Waals surface area contributed by atoms with Gasteiger partial charge in [0.05, 0.1) is 0 Å². The highest BCUT2D eigenvalue weighted by Gasteiger charge is 2.05. The fourth-order valence-electron chi connectivity index (χ4n) is 1.03. The Morgan fingerprint density at radius 2 is 1.87 bits per heavy atom. The van der Waals surface area contributed by atoms with Crippen molar-refractivity contribution in [1.29, 1.82) is 0 Å². The first kappa shape index (κ1) is 13.2. The van der Waals surface area contributed by atoms with E-state index >= 15 is 0 Å². The lowest BCUT2D eigenvalue weighted by molar-refractivity contribution is 0.428. The maximum absolute atomic E-state index is 9.03. The Labute approximate surface area is 91.4 Å². The van der Waals surface area contributed by atoms with Crippen LogP contribution in [-0.2, 0) is 0 Å². The molecule has 0 bridgehead atoms. The number of nitrogens with zero attached hydrogens (tertiary/aromatic N) is 2. The van der Waals surface area contributed by atoms with Crippen molar-refractivity contribution in [3.8, 4) is 0 Å². The van der Waals surface area contributed by atoms with Gasteiger partial charge in [0.25, 0.3) is 0 Å². The summed E-state index contributed by atoms with van der Waals surface area (Å²) < 4.78 is 0. The lowest BCUT2D eigenvalue weighted by atomic mass is 10.2. The van der Waals surface area contributed by atoms with Crippen molar-refractivity contribution in [2.45, 2.75) is 13.8 Å². The van der Waals surface area contributed by atoms with Gasteiger partial charge in [-0.05, 0) is 32.2 Å². The molecular weight excluding hydrogens is 188 g/mol. The lowest BCUT2D eigenvalue weighted by Gasteiger charge is -2.22. The molecule has 0 aliphatic rings. The molecule has 82 valence electrons. The Hall–Kier alpha value is -1.77. The Morgan fingerprint density at radius 1 is 1.33 bits per heavy atom. The third-order valence-corrected chi connectivity index (χ3v) is 2.05. The number of aliphatic hydroxyl groups excluding tert-OH is 1. The lowest BCUT2D eigenvalue weighted by Crippen LogP contribution is -2.15. The molecule has 1 N–H and O–H groups in total. The molecule has 15 heavy (non-hydrogen) atoms. The molecule has 0 aliphatic heterocycles. The van der Waals surface area contributed by atoms with Crippen LogP contribution in [0.5, 0.6) is 0 Å². The van der Waals surface area contributed by atoms with E-state index < -0.39 is 0 Å². The highest BCUT2D eigenvalue weighted by Crippen LogP contribution is 2.16. The average Bonchev–Trinajstić information content (AvgIpc) is 2.14. The van der Waals surface area contributed by atoms with Crippen molar-refractivity contribution in [2.24, 2.45) is 4.99 Å². The third-order valence-electron chi connectivity index (χ3n) is 2.05. The molecule has 0 fully saturated rings. The summed E-state index contributed by atoms with van der Waals surface area (Å²) in [4.78, 5) is 5.52. The summed E-state index contributed by atoms with van der Waals surface area (Å²) in [6, 6.07) is 0. The number of hydrogen-bond donors (Lipinski definition) is 1. The smallest absolute Gasteiger partial charge is 0.110 e. The van der Waals surface area contributed by atoms with Crippen LogP contribution in [0.15, 0.2) is 53.2 Å². The molecule has 0 aliphatic carbocycles. The van der Waals surface area contributed by atoms with Gasteiger partial charge in [-0.3, -0.25) is 4.99 Å². The molecule has 0 saturated carbocycles. The first-order valence-electron chi connectivity index (χ1n) is 4.52. The molecule has 0 radical (unpaired) electrons. The van der Waals surface area contributed by atoms with Crippen LogP contribution in [0.4, 0.5) is 0 Å². The van der Waals surface area contributed by atoms with Gasteiger partial charge in [-0.15, -0.1) is 0 Å². The van der Waals surface area contributed by atoms with E-state index in [9.17, 15) is 0 Å². The fraction of sp³-hybridized carbons (Fsp3) is 0.250. The molecular formula is C12H18N2O. The van der Waals surface area contributed by atoms with Crippen LogP contribution in [0.1, 0.15) is 13.8 Å². The number of rotatable bonds is 5. The van der Waals surface area contributed by atoms with Gasteiger partial charge in [0, 0.05) is 24.6 Å². The van der Waals surface area contributed by atoms with Gasteiger partial charge in [-0.2, -0.15) is 0 Å². The molecule has 0 atom stereocenters. The topological polar surface area (TPSA) is 35.8 Å². The van der Waals surface area contributed by atoms with Crippen LogP contribution >= 0.6 is 0 Å². The predicted molar refractivity (Wildman–Crippen MR) is 65.7 cm³/mol. The van der Waals surface area contributed by atoms with E-state index in [4.69, 9.17) is 5.11 Å². The summed E-state index contributed by atoms with van der Waals surface area (Å²) in [5.41, 5.74) is 2.57. The largest absolute Gasteiger partial charge is 0.509 e. The summed E-state index contributed by atoms with van der Waals surface area (Å²) in [6.07, 6.45) is 3.21. The summed E-state index contributed by atoms with van der Waals surface area (Å²) >= 11 is 0. The SMILES string of the molecule is C=N/C=C(/C)C(=C)N(C)/C(C)=C\C(=C)O. The summed E-state index contributed by atoms with van der Waals surface area (Å²) in [5.74, 6) is 0.0237. The first-order valence-corrected chi connectivity index (χ1v) is 4.52. The van der Waals surface area contributed by atoms with E-state index in [0.717, 1.165) is 17.0 Å². The minimum Gasteiger partial charge on any atom is -0.509 e. The van der Waals surface area contributed by atoms with Crippen LogP contribution in [0, 0.1) is 0 Å². The van der Waals surface area contributed by atoms with Gasteiger partial charge in [-0.25, -0.2) is 0 Å². The Balaban J connectivity index is 4.80. The minimum atomic E-state index is 0.0237. The molecule has 0 heterocycles.